The lowest BCUT2D eigenvalue weighted by Gasteiger charge is -2.13. The molecule has 1 aliphatic heterocycles. The van der Waals surface area contributed by atoms with Crippen molar-refractivity contribution in [3.8, 4) is 5.75 Å². The summed E-state index contributed by atoms with van der Waals surface area (Å²) in [6.07, 6.45) is 4.75. The third-order valence-electron chi connectivity index (χ3n) is 3.30. The van der Waals surface area contributed by atoms with Crippen LogP contribution in [0.3, 0.4) is 0 Å². The standard InChI is InChI=1S/C15H17ClN4O/c16-14-2-1-5-19-15(14)20-9-11-8-12(4-7-18-11)21-13-3-6-17-10-13/h1-2,4-5,7-8,13,17H,3,6,9-10H2,(H,19,20). The lowest BCUT2D eigenvalue weighted by atomic mass is 10.3. The van der Waals surface area contributed by atoms with Gasteiger partial charge in [0.15, 0.2) is 0 Å². The van der Waals surface area contributed by atoms with E-state index in [1.807, 2.05) is 12.1 Å². The second kappa shape index (κ2) is 6.74. The van der Waals surface area contributed by atoms with Gasteiger partial charge < -0.3 is 15.4 Å². The van der Waals surface area contributed by atoms with Crippen LogP contribution in [-0.2, 0) is 6.54 Å². The van der Waals surface area contributed by atoms with Gasteiger partial charge in [-0.3, -0.25) is 4.98 Å². The smallest absolute Gasteiger partial charge is 0.145 e. The summed E-state index contributed by atoms with van der Waals surface area (Å²) in [5.74, 6) is 1.51. The molecule has 3 rings (SSSR count). The number of halogens is 1. The van der Waals surface area contributed by atoms with E-state index in [1.54, 1.807) is 24.5 Å². The first-order chi connectivity index (χ1) is 10.3. The van der Waals surface area contributed by atoms with E-state index < -0.39 is 0 Å². The van der Waals surface area contributed by atoms with Crippen molar-refractivity contribution >= 4 is 17.4 Å². The molecule has 1 saturated heterocycles. The van der Waals surface area contributed by atoms with E-state index in [9.17, 15) is 0 Å². The van der Waals surface area contributed by atoms with Gasteiger partial charge in [-0.1, -0.05) is 11.6 Å². The fourth-order valence-electron chi connectivity index (χ4n) is 2.24. The Balaban J connectivity index is 1.61. The van der Waals surface area contributed by atoms with Crippen molar-refractivity contribution in [1.29, 1.82) is 0 Å². The Kier molecular flexibility index (Phi) is 4.52. The van der Waals surface area contributed by atoms with Crippen LogP contribution in [0, 0.1) is 0 Å². The summed E-state index contributed by atoms with van der Waals surface area (Å²) in [4.78, 5) is 8.52. The molecule has 2 aromatic heterocycles. The van der Waals surface area contributed by atoms with Crippen LogP contribution in [0.5, 0.6) is 5.75 Å². The van der Waals surface area contributed by atoms with Crippen molar-refractivity contribution in [3.05, 3.63) is 47.4 Å². The van der Waals surface area contributed by atoms with E-state index in [0.717, 1.165) is 31.0 Å². The minimum absolute atomic E-state index is 0.249. The normalized spacial score (nSPS) is 17.7. The molecule has 5 nitrogen and oxygen atoms in total. The minimum atomic E-state index is 0.249. The molecule has 3 heterocycles. The zero-order valence-electron chi connectivity index (χ0n) is 11.6. The molecule has 1 unspecified atom stereocenters. The Hall–Kier alpha value is -1.85. The summed E-state index contributed by atoms with van der Waals surface area (Å²) in [6, 6.07) is 7.44. The fraction of sp³-hybridized carbons (Fsp3) is 0.333. The fourth-order valence-corrected chi connectivity index (χ4v) is 2.43. The predicted molar refractivity (Wildman–Crippen MR) is 82.7 cm³/mol. The molecule has 21 heavy (non-hydrogen) atoms. The topological polar surface area (TPSA) is 59.1 Å². The Morgan fingerprint density at radius 3 is 3.10 bits per heavy atom. The van der Waals surface area contributed by atoms with Gasteiger partial charge in [0, 0.05) is 25.0 Å². The summed E-state index contributed by atoms with van der Waals surface area (Å²) in [6.45, 7) is 2.47. The van der Waals surface area contributed by atoms with Crippen LogP contribution in [0.2, 0.25) is 5.02 Å². The Morgan fingerprint density at radius 1 is 1.33 bits per heavy atom. The molecule has 2 aromatic rings. The number of aromatic nitrogens is 2. The van der Waals surface area contributed by atoms with Crippen molar-refractivity contribution in [2.24, 2.45) is 0 Å². The molecule has 1 aliphatic rings. The monoisotopic (exact) mass is 304 g/mol. The highest BCUT2D eigenvalue weighted by Gasteiger charge is 2.15. The van der Waals surface area contributed by atoms with Gasteiger partial charge >= 0.3 is 0 Å². The number of hydrogen-bond donors (Lipinski definition) is 2. The minimum Gasteiger partial charge on any atom is -0.489 e. The van der Waals surface area contributed by atoms with Crippen molar-refractivity contribution in [2.75, 3.05) is 18.4 Å². The van der Waals surface area contributed by atoms with Crippen LogP contribution in [-0.4, -0.2) is 29.2 Å². The summed E-state index contributed by atoms with van der Waals surface area (Å²) >= 11 is 6.06. The van der Waals surface area contributed by atoms with Gasteiger partial charge in [0.1, 0.15) is 17.7 Å². The van der Waals surface area contributed by atoms with Crippen molar-refractivity contribution in [1.82, 2.24) is 15.3 Å². The summed E-state index contributed by atoms with van der Waals surface area (Å²) in [7, 11) is 0. The maximum atomic E-state index is 6.06. The van der Waals surface area contributed by atoms with Crippen molar-refractivity contribution < 1.29 is 4.74 Å². The summed E-state index contributed by atoms with van der Waals surface area (Å²) in [5, 5.41) is 7.06. The molecule has 6 heteroatoms. The Morgan fingerprint density at radius 2 is 2.29 bits per heavy atom. The van der Waals surface area contributed by atoms with Gasteiger partial charge in [0.05, 0.1) is 17.3 Å². The molecule has 2 N–H and O–H groups in total. The lowest BCUT2D eigenvalue weighted by Crippen LogP contribution is -2.19. The Labute approximate surface area is 128 Å². The average molecular weight is 305 g/mol. The third-order valence-corrected chi connectivity index (χ3v) is 3.61. The molecule has 1 fully saturated rings. The van der Waals surface area contributed by atoms with E-state index in [2.05, 4.69) is 20.6 Å². The zero-order valence-corrected chi connectivity index (χ0v) is 12.3. The number of hydrogen-bond acceptors (Lipinski definition) is 5. The molecule has 0 bridgehead atoms. The Bertz CT molecular complexity index is 602. The average Bonchev–Trinajstić information content (AvgIpc) is 3.00. The first-order valence-electron chi connectivity index (χ1n) is 6.98. The van der Waals surface area contributed by atoms with Crippen molar-refractivity contribution in [3.63, 3.8) is 0 Å². The molecular weight excluding hydrogens is 288 g/mol. The van der Waals surface area contributed by atoms with E-state index >= 15 is 0 Å². The highest BCUT2D eigenvalue weighted by molar-refractivity contribution is 6.32. The van der Waals surface area contributed by atoms with E-state index in [0.29, 0.717) is 17.4 Å². The molecule has 0 spiro atoms. The largest absolute Gasteiger partial charge is 0.489 e. The highest BCUT2D eigenvalue weighted by Crippen LogP contribution is 2.19. The van der Waals surface area contributed by atoms with E-state index in [1.165, 1.54) is 0 Å². The summed E-state index contributed by atoms with van der Waals surface area (Å²) in [5.41, 5.74) is 0.889. The van der Waals surface area contributed by atoms with Crippen LogP contribution in [0.25, 0.3) is 0 Å². The van der Waals surface area contributed by atoms with Gasteiger partial charge in [0.25, 0.3) is 0 Å². The van der Waals surface area contributed by atoms with Crippen LogP contribution in [0.4, 0.5) is 5.82 Å². The van der Waals surface area contributed by atoms with Crippen LogP contribution in [0.1, 0.15) is 12.1 Å². The molecule has 0 saturated carbocycles. The van der Waals surface area contributed by atoms with Gasteiger partial charge in [0.2, 0.25) is 0 Å². The maximum Gasteiger partial charge on any atom is 0.145 e. The second-order valence-corrected chi connectivity index (χ2v) is 5.31. The maximum absolute atomic E-state index is 6.06. The molecule has 0 aromatic carbocycles. The SMILES string of the molecule is Clc1cccnc1NCc1cc(OC2CCNC2)ccn1. The molecule has 0 aliphatic carbocycles. The van der Waals surface area contributed by atoms with Gasteiger partial charge in [-0.15, -0.1) is 0 Å². The van der Waals surface area contributed by atoms with Crippen LogP contribution >= 0.6 is 11.6 Å². The number of nitrogens with zero attached hydrogens (tertiary/aromatic N) is 2. The highest BCUT2D eigenvalue weighted by atomic mass is 35.5. The first kappa shape index (κ1) is 14.1. The molecular formula is C15H17ClN4O. The van der Waals surface area contributed by atoms with Gasteiger partial charge in [-0.2, -0.15) is 0 Å². The van der Waals surface area contributed by atoms with Crippen LogP contribution in [0.15, 0.2) is 36.7 Å². The molecule has 0 amide bonds. The lowest BCUT2D eigenvalue weighted by molar-refractivity contribution is 0.222. The molecule has 0 radical (unpaired) electrons. The first-order valence-corrected chi connectivity index (χ1v) is 7.36. The number of anilines is 1. The molecule has 1 atom stereocenters. The van der Waals surface area contributed by atoms with Crippen LogP contribution < -0.4 is 15.4 Å². The van der Waals surface area contributed by atoms with Gasteiger partial charge in [-0.25, -0.2) is 4.98 Å². The number of ether oxygens (including phenoxy) is 1. The van der Waals surface area contributed by atoms with E-state index in [4.69, 9.17) is 16.3 Å². The summed E-state index contributed by atoms with van der Waals surface area (Å²) < 4.78 is 5.92. The number of pyridine rings is 2. The number of nitrogens with one attached hydrogen (secondary N) is 2. The van der Waals surface area contributed by atoms with E-state index in [-0.39, 0.29) is 6.10 Å². The molecule has 110 valence electrons. The zero-order chi connectivity index (χ0) is 14.5. The predicted octanol–water partition coefficient (Wildman–Crippen LogP) is 2.48. The third kappa shape index (κ3) is 3.83. The number of rotatable bonds is 5. The second-order valence-electron chi connectivity index (χ2n) is 4.90. The van der Waals surface area contributed by atoms with Crippen molar-refractivity contribution in [2.45, 2.75) is 19.1 Å². The quantitative estimate of drug-likeness (QED) is 0.889. The van der Waals surface area contributed by atoms with Gasteiger partial charge in [-0.05, 0) is 31.2 Å².